The van der Waals surface area contributed by atoms with Crippen LogP contribution in [0.25, 0.3) is 0 Å². The maximum atomic E-state index is 12.5. The summed E-state index contributed by atoms with van der Waals surface area (Å²) in [7, 11) is 3.88. The SMILES string of the molecule is Cc1ccc(C(=O)N(C)C2CCCNCC2)n1C. The Bertz CT molecular complexity index is 417. The minimum absolute atomic E-state index is 0.137. The Morgan fingerprint density at radius 2 is 2.17 bits per heavy atom. The molecular weight excluding hydrogens is 226 g/mol. The van der Waals surface area contributed by atoms with E-state index in [4.69, 9.17) is 0 Å². The quantitative estimate of drug-likeness (QED) is 0.863. The number of hydrogen-bond acceptors (Lipinski definition) is 2. The summed E-state index contributed by atoms with van der Waals surface area (Å²) in [6.45, 7) is 4.10. The van der Waals surface area contributed by atoms with Crippen LogP contribution in [0.2, 0.25) is 0 Å². The molecule has 1 aromatic heterocycles. The van der Waals surface area contributed by atoms with Crippen molar-refractivity contribution in [1.29, 1.82) is 0 Å². The number of carbonyl (C=O) groups is 1. The Kier molecular flexibility index (Phi) is 4.07. The number of aromatic nitrogens is 1. The summed E-state index contributed by atoms with van der Waals surface area (Å²) in [5.41, 5.74) is 1.90. The maximum absolute atomic E-state index is 12.5. The Hall–Kier alpha value is -1.29. The zero-order valence-electron chi connectivity index (χ0n) is 11.6. The highest BCUT2D eigenvalue weighted by molar-refractivity contribution is 5.93. The molecule has 0 bridgehead atoms. The van der Waals surface area contributed by atoms with Crippen molar-refractivity contribution in [2.24, 2.45) is 7.05 Å². The summed E-state index contributed by atoms with van der Waals surface area (Å²) in [5.74, 6) is 0.137. The van der Waals surface area contributed by atoms with Gasteiger partial charge in [0, 0.05) is 25.8 Å². The van der Waals surface area contributed by atoms with Crippen molar-refractivity contribution < 1.29 is 4.79 Å². The molecule has 0 spiro atoms. The molecule has 1 fully saturated rings. The zero-order chi connectivity index (χ0) is 13.1. The molecular formula is C14H23N3O. The van der Waals surface area contributed by atoms with Gasteiger partial charge in [0.05, 0.1) is 0 Å². The van der Waals surface area contributed by atoms with E-state index in [9.17, 15) is 4.79 Å². The fraction of sp³-hybridized carbons (Fsp3) is 0.643. The van der Waals surface area contributed by atoms with Gasteiger partial charge >= 0.3 is 0 Å². The predicted molar refractivity (Wildman–Crippen MR) is 72.8 cm³/mol. The van der Waals surface area contributed by atoms with Gasteiger partial charge in [-0.05, 0) is 51.4 Å². The number of nitrogens with one attached hydrogen (secondary N) is 1. The van der Waals surface area contributed by atoms with Crippen molar-refractivity contribution in [2.75, 3.05) is 20.1 Å². The molecule has 1 N–H and O–H groups in total. The van der Waals surface area contributed by atoms with E-state index in [1.54, 1.807) is 0 Å². The van der Waals surface area contributed by atoms with Gasteiger partial charge in [0.2, 0.25) is 0 Å². The highest BCUT2D eigenvalue weighted by atomic mass is 16.2. The van der Waals surface area contributed by atoms with E-state index in [1.165, 1.54) is 0 Å². The topological polar surface area (TPSA) is 37.3 Å². The van der Waals surface area contributed by atoms with Gasteiger partial charge in [-0.1, -0.05) is 0 Å². The molecule has 1 aromatic rings. The lowest BCUT2D eigenvalue weighted by molar-refractivity contribution is 0.0710. The van der Waals surface area contributed by atoms with Gasteiger partial charge in [0.25, 0.3) is 5.91 Å². The summed E-state index contributed by atoms with van der Waals surface area (Å²) < 4.78 is 1.97. The minimum atomic E-state index is 0.137. The minimum Gasteiger partial charge on any atom is -0.344 e. The van der Waals surface area contributed by atoms with Crippen LogP contribution < -0.4 is 5.32 Å². The molecule has 4 nitrogen and oxygen atoms in total. The number of nitrogens with zero attached hydrogens (tertiary/aromatic N) is 2. The van der Waals surface area contributed by atoms with Crippen molar-refractivity contribution in [2.45, 2.75) is 32.2 Å². The van der Waals surface area contributed by atoms with E-state index >= 15 is 0 Å². The van der Waals surface area contributed by atoms with Crippen molar-refractivity contribution in [3.63, 3.8) is 0 Å². The van der Waals surface area contributed by atoms with Crippen LogP contribution in [-0.4, -0.2) is 41.6 Å². The van der Waals surface area contributed by atoms with Gasteiger partial charge in [-0.25, -0.2) is 0 Å². The summed E-state index contributed by atoms with van der Waals surface area (Å²) in [5, 5.41) is 3.38. The number of aryl methyl sites for hydroxylation is 1. The summed E-state index contributed by atoms with van der Waals surface area (Å²) in [6.07, 6.45) is 3.29. The highest BCUT2D eigenvalue weighted by Crippen LogP contribution is 2.16. The monoisotopic (exact) mass is 249 g/mol. The standard InChI is InChI=1S/C14H23N3O/c1-11-6-7-13(16(11)2)14(18)17(3)12-5-4-9-15-10-8-12/h6-7,12,15H,4-5,8-10H2,1-3H3. The summed E-state index contributed by atoms with van der Waals surface area (Å²) in [4.78, 5) is 14.4. The summed E-state index contributed by atoms with van der Waals surface area (Å²) in [6, 6.07) is 4.28. The molecule has 1 atom stereocenters. The molecule has 2 rings (SSSR count). The van der Waals surface area contributed by atoms with Crippen LogP contribution in [0.1, 0.15) is 35.4 Å². The third-order valence-corrected chi connectivity index (χ3v) is 4.01. The molecule has 1 aliphatic rings. The van der Waals surface area contributed by atoms with Crippen LogP contribution in [0.15, 0.2) is 12.1 Å². The van der Waals surface area contributed by atoms with E-state index in [1.807, 2.05) is 42.6 Å². The lowest BCUT2D eigenvalue weighted by Crippen LogP contribution is -2.38. The van der Waals surface area contributed by atoms with Gasteiger partial charge in [-0.15, -0.1) is 0 Å². The summed E-state index contributed by atoms with van der Waals surface area (Å²) >= 11 is 0. The van der Waals surface area contributed by atoms with E-state index in [0.29, 0.717) is 6.04 Å². The fourth-order valence-electron chi connectivity index (χ4n) is 2.56. The second-order valence-electron chi connectivity index (χ2n) is 5.17. The Balaban J connectivity index is 2.10. The van der Waals surface area contributed by atoms with Crippen LogP contribution in [0.4, 0.5) is 0 Å². The molecule has 1 aliphatic heterocycles. The van der Waals surface area contributed by atoms with Gasteiger partial charge in [-0.3, -0.25) is 4.79 Å². The second-order valence-corrected chi connectivity index (χ2v) is 5.17. The highest BCUT2D eigenvalue weighted by Gasteiger charge is 2.23. The molecule has 1 amide bonds. The van der Waals surface area contributed by atoms with Crippen molar-refractivity contribution in [3.8, 4) is 0 Å². The molecule has 0 saturated carbocycles. The first-order valence-electron chi connectivity index (χ1n) is 6.71. The fourth-order valence-corrected chi connectivity index (χ4v) is 2.56. The van der Waals surface area contributed by atoms with Crippen molar-refractivity contribution >= 4 is 5.91 Å². The smallest absolute Gasteiger partial charge is 0.270 e. The van der Waals surface area contributed by atoms with Crippen molar-refractivity contribution in [1.82, 2.24) is 14.8 Å². The number of rotatable bonds is 2. The van der Waals surface area contributed by atoms with Crippen LogP contribution in [0.5, 0.6) is 0 Å². The Morgan fingerprint density at radius 1 is 1.39 bits per heavy atom. The molecule has 2 heterocycles. The Morgan fingerprint density at radius 3 is 2.83 bits per heavy atom. The first kappa shape index (κ1) is 13.1. The Labute approximate surface area is 109 Å². The average Bonchev–Trinajstić information content (AvgIpc) is 2.62. The molecule has 0 aliphatic carbocycles. The van der Waals surface area contributed by atoms with E-state index < -0.39 is 0 Å². The number of carbonyl (C=O) groups excluding carboxylic acids is 1. The zero-order valence-corrected chi connectivity index (χ0v) is 11.6. The van der Waals surface area contributed by atoms with E-state index in [0.717, 1.165) is 43.7 Å². The first-order valence-corrected chi connectivity index (χ1v) is 6.71. The predicted octanol–water partition coefficient (Wildman–Crippen LogP) is 1.55. The molecule has 100 valence electrons. The van der Waals surface area contributed by atoms with Crippen LogP contribution in [-0.2, 0) is 7.05 Å². The molecule has 18 heavy (non-hydrogen) atoms. The van der Waals surface area contributed by atoms with E-state index in [-0.39, 0.29) is 5.91 Å². The second kappa shape index (κ2) is 5.57. The van der Waals surface area contributed by atoms with Crippen LogP contribution >= 0.6 is 0 Å². The third-order valence-electron chi connectivity index (χ3n) is 4.01. The average molecular weight is 249 g/mol. The van der Waals surface area contributed by atoms with Gasteiger partial charge in [-0.2, -0.15) is 0 Å². The third kappa shape index (κ3) is 2.58. The number of amides is 1. The molecule has 4 heteroatoms. The van der Waals surface area contributed by atoms with E-state index in [2.05, 4.69) is 5.32 Å². The lowest BCUT2D eigenvalue weighted by atomic mass is 10.1. The molecule has 1 unspecified atom stereocenters. The van der Waals surface area contributed by atoms with Crippen LogP contribution in [0.3, 0.4) is 0 Å². The van der Waals surface area contributed by atoms with Gasteiger partial charge in [0.1, 0.15) is 5.69 Å². The first-order chi connectivity index (χ1) is 8.61. The molecule has 0 aromatic carbocycles. The van der Waals surface area contributed by atoms with Crippen LogP contribution in [0, 0.1) is 6.92 Å². The largest absolute Gasteiger partial charge is 0.344 e. The molecule has 1 saturated heterocycles. The van der Waals surface area contributed by atoms with Gasteiger partial charge < -0.3 is 14.8 Å². The molecule has 0 radical (unpaired) electrons. The van der Waals surface area contributed by atoms with Crippen molar-refractivity contribution in [3.05, 3.63) is 23.5 Å². The maximum Gasteiger partial charge on any atom is 0.270 e. The lowest BCUT2D eigenvalue weighted by Gasteiger charge is -2.27. The van der Waals surface area contributed by atoms with Gasteiger partial charge in [0.15, 0.2) is 0 Å². The number of hydrogen-bond donors (Lipinski definition) is 1. The normalized spacial score (nSPS) is 20.5.